The number of aromatic nitrogens is 5. The first-order valence-corrected chi connectivity index (χ1v) is 8.30. The summed E-state index contributed by atoms with van der Waals surface area (Å²) in [5, 5.41) is 4.37. The Hall–Kier alpha value is -2.76. The van der Waals surface area contributed by atoms with Gasteiger partial charge in [0.15, 0.2) is 5.82 Å². The van der Waals surface area contributed by atoms with Crippen molar-refractivity contribution in [3.63, 3.8) is 0 Å². The first-order chi connectivity index (χ1) is 11.8. The first-order valence-electron chi connectivity index (χ1n) is 8.30. The summed E-state index contributed by atoms with van der Waals surface area (Å²) in [6.07, 6.45) is 9.62. The topological polar surface area (TPSA) is 59.7 Å². The van der Waals surface area contributed by atoms with Gasteiger partial charge in [-0.2, -0.15) is 5.10 Å². The van der Waals surface area contributed by atoms with E-state index in [-0.39, 0.29) is 0 Å². The molecular formula is C18H20N6. The highest BCUT2D eigenvalue weighted by atomic mass is 15.3. The maximum absolute atomic E-state index is 4.77. The predicted molar refractivity (Wildman–Crippen MR) is 92.7 cm³/mol. The maximum Gasteiger partial charge on any atom is 0.163 e. The fraction of sp³-hybridized carbons (Fsp3) is 0.333. The standard InChI is InChI=1S/C18H20N6/c1-14-12-17(22-18(21-14)15-4-2-7-19-13-15)23-10-5-16(6-11-23)24-9-3-8-20-24/h2-4,7-9,12-13,16H,5-6,10-11H2,1H3. The lowest BCUT2D eigenvalue weighted by atomic mass is 10.1. The lowest BCUT2D eigenvalue weighted by Gasteiger charge is -2.33. The molecule has 0 bridgehead atoms. The normalized spacial score (nSPS) is 15.6. The van der Waals surface area contributed by atoms with Crippen LogP contribution in [0.2, 0.25) is 0 Å². The van der Waals surface area contributed by atoms with Crippen LogP contribution in [-0.2, 0) is 0 Å². The molecule has 6 nitrogen and oxygen atoms in total. The molecule has 0 spiro atoms. The molecule has 1 saturated heterocycles. The van der Waals surface area contributed by atoms with E-state index in [2.05, 4.69) is 36.9 Å². The van der Waals surface area contributed by atoms with E-state index in [0.717, 1.165) is 48.8 Å². The van der Waals surface area contributed by atoms with Crippen LogP contribution in [0.25, 0.3) is 11.4 Å². The summed E-state index contributed by atoms with van der Waals surface area (Å²) in [4.78, 5) is 15.8. The van der Waals surface area contributed by atoms with Crippen molar-refractivity contribution in [3.05, 3.63) is 54.7 Å². The van der Waals surface area contributed by atoms with E-state index >= 15 is 0 Å². The average Bonchev–Trinajstić information content (AvgIpc) is 3.17. The van der Waals surface area contributed by atoms with Crippen LogP contribution in [0, 0.1) is 6.92 Å². The number of nitrogens with zero attached hydrogens (tertiary/aromatic N) is 6. The third-order valence-electron chi connectivity index (χ3n) is 4.45. The largest absolute Gasteiger partial charge is 0.356 e. The lowest BCUT2D eigenvalue weighted by Crippen LogP contribution is -2.35. The number of hydrogen-bond donors (Lipinski definition) is 0. The summed E-state index contributed by atoms with van der Waals surface area (Å²) in [5.74, 6) is 1.74. The Labute approximate surface area is 141 Å². The van der Waals surface area contributed by atoms with E-state index in [4.69, 9.17) is 4.98 Å². The molecule has 3 aromatic heterocycles. The van der Waals surface area contributed by atoms with Gasteiger partial charge in [0.1, 0.15) is 5.82 Å². The molecule has 1 fully saturated rings. The van der Waals surface area contributed by atoms with Crippen LogP contribution in [0.5, 0.6) is 0 Å². The second-order valence-corrected chi connectivity index (χ2v) is 6.14. The van der Waals surface area contributed by atoms with Crippen LogP contribution in [0.4, 0.5) is 5.82 Å². The van der Waals surface area contributed by atoms with Crippen molar-refractivity contribution in [2.45, 2.75) is 25.8 Å². The fourth-order valence-corrected chi connectivity index (χ4v) is 3.19. The van der Waals surface area contributed by atoms with Gasteiger partial charge in [-0.05, 0) is 38.0 Å². The predicted octanol–water partition coefficient (Wildman–Crippen LogP) is 2.89. The molecular weight excluding hydrogens is 300 g/mol. The van der Waals surface area contributed by atoms with E-state index in [1.165, 1.54) is 0 Å². The molecule has 0 saturated carbocycles. The highest BCUT2D eigenvalue weighted by Gasteiger charge is 2.22. The molecule has 4 heterocycles. The number of hydrogen-bond acceptors (Lipinski definition) is 5. The Morgan fingerprint density at radius 2 is 1.96 bits per heavy atom. The Morgan fingerprint density at radius 3 is 2.67 bits per heavy atom. The number of anilines is 1. The first kappa shape index (κ1) is 14.8. The van der Waals surface area contributed by atoms with Crippen molar-refractivity contribution in [1.29, 1.82) is 0 Å². The van der Waals surface area contributed by atoms with Gasteiger partial charge >= 0.3 is 0 Å². The smallest absolute Gasteiger partial charge is 0.163 e. The molecule has 0 N–H and O–H groups in total. The van der Waals surface area contributed by atoms with Gasteiger partial charge in [0, 0.05) is 55.2 Å². The molecule has 0 radical (unpaired) electrons. The second-order valence-electron chi connectivity index (χ2n) is 6.14. The minimum absolute atomic E-state index is 0.483. The van der Waals surface area contributed by atoms with Crippen molar-refractivity contribution in [2.24, 2.45) is 0 Å². The lowest BCUT2D eigenvalue weighted by molar-refractivity contribution is 0.366. The van der Waals surface area contributed by atoms with Gasteiger partial charge in [0.2, 0.25) is 0 Å². The molecule has 1 aliphatic rings. The zero-order chi connectivity index (χ0) is 16.4. The van der Waals surface area contributed by atoms with E-state index in [9.17, 15) is 0 Å². The number of piperidine rings is 1. The van der Waals surface area contributed by atoms with Crippen molar-refractivity contribution < 1.29 is 0 Å². The van der Waals surface area contributed by atoms with Crippen LogP contribution in [0.3, 0.4) is 0 Å². The minimum Gasteiger partial charge on any atom is -0.356 e. The van der Waals surface area contributed by atoms with Crippen molar-refractivity contribution in [2.75, 3.05) is 18.0 Å². The molecule has 0 aliphatic carbocycles. The van der Waals surface area contributed by atoms with E-state index < -0.39 is 0 Å². The van der Waals surface area contributed by atoms with Crippen LogP contribution in [0.1, 0.15) is 24.6 Å². The zero-order valence-electron chi connectivity index (χ0n) is 13.7. The highest BCUT2D eigenvalue weighted by Crippen LogP contribution is 2.26. The third-order valence-corrected chi connectivity index (χ3v) is 4.45. The zero-order valence-corrected chi connectivity index (χ0v) is 13.7. The second kappa shape index (κ2) is 6.39. The molecule has 122 valence electrons. The average molecular weight is 320 g/mol. The summed E-state index contributed by atoms with van der Waals surface area (Å²) in [6.45, 7) is 3.97. The molecule has 24 heavy (non-hydrogen) atoms. The van der Waals surface area contributed by atoms with Crippen LogP contribution < -0.4 is 4.90 Å². The third kappa shape index (κ3) is 2.99. The molecule has 0 aromatic carbocycles. The molecule has 0 amide bonds. The molecule has 0 unspecified atom stereocenters. The van der Waals surface area contributed by atoms with Crippen LogP contribution >= 0.6 is 0 Å². The Bertz CT molecular complexity index is 792. The molecule has 4 rings (SSSR count). The molecule has 3 aromatic rings. The van der Waals surface area contributed by atoms with Crippen LogP contribution in [-0.4, -0.2) is 37.8 Å². The molecule has 1 aliphatic heterocycles. The van der Waals surface area contributed by atoms with Crippen molar-refractivity contribution >= 4 is 5.82 Å². The summed E-state index contributed by atoms with van der Waals surface area (Å²) >= 11 is 0. The highest BCUT2D eigenvalue weighted by molar-refractivity contribution is 5.56. The summed E-state index contributed by atoms with van der Waals surface area (Å²) in [6, 6.07) is 8.44. The molecule has 6 heteroatoms. The van der Waals surface area contributed by atoms with Crippen molar-refractivity contribution in [3.8, 4) is 11.4 Å². The summed E-state index contributed by atoms with van der Waals surface area (Å²) in [7, 11) is 0. The molecule has 0 atom stereocenters. The van der Waals surface area contributed by atoms with Gasteiger partial charge < -0.3 is 4.90 Å². The Morgan fingerprint density at radius 1 is 1.08 bits per heavy atom. The van der Waals surface area contributed by atoms with Crippen LogP contribution in [0.15, 0.2) is 49.1 Å². The van der Waals surface area contributed by atoms with Gasteiger partial charge in [-0.3, -0.25) is 9.67 Å². The number of aryl methyl sites for hydroxylation is 1. The SMILES string of the molecule is Cc1cc(N2CCC(n3cccn3)CC2)nc(-c2cccnc2)n1. The maximum atomic E-state index is 4.77. The number of pyridine rings is 1. The van der Waals surface area contributed by atoms with Gasteiger partial charge in [-0.25, -0.2) is 9.97 Å². The number of rotatable bonds is 3. The fourth-order valence-electron chi connectivity index (χ4n) is 3.19. The van der Waals surface area contributed by atoms with Crippen molar-refractivity contribution in [1.82, 2.24) is 24.7 Å². The van der Waals surface area contributed by atoms with E-state index in [1.807, 2.05) is 37.5 Å². The quantitative estimate of drug-likeness (QED) is 0.742. The Kier molecular flexibility index (Phi) is 3.94. The van der Waals surface area contributed by atoms with Gasteiger partial charge in [-0.1, -0.05) is 0 Å². The summed E-state index contributed by atoms with van der Waals surface area (Å²) < 4.78 is 2.07. The van der Waals surface area contributed by atoms with E-state index in [0.29, 0.717) is 6.04 Å². The van der Waals surface area contributed by atoms with Gasteiger partial charge in [0.25, 0.3) is 0 Å². The van der Waals surface area contributed by atoms with E-state index in [1.54, 1.807) is 6.20 Å². The van der Waals surface area contributed by atoms with Gasteiger partial charge in [0.05, 0.1) is 6.04 Å². The Balaban J connectivity index is 1.54. The summed E-state index contributed by atoms with van der Waals surface area (Å²) in [5.41, 5.74) is 1.93. The van der Waals surface area contributed by atoms with Gasteiger partial charge in [-0.15, -0.1) is 0 Å². The minimum atomic E-state index is 0.483. The monoisotopic (exact) mass is 320 g/mol.